The number of aromatic amines is 1. The molecule has 2 N–H and O–H groups in total. The number of ether oxygens (including phenoxy) is 1. The molecule has 0 atom stereocenters. The molecule has 4 nitrogen and oxygen atoms in total. The van der Waals surface area contributed by atoms with Gasteiger partial charge in [-0.15, -0.1) is 0 Å². The van der Waals surface area contributed by atoms with Gasteiger partial charge in [0.15, 0.2) is 0 Å². The minimum atomic E-state index is 0.0139. The second-order valence-corrected chi connectivity index (χ2v) is 2.26. The minimum absolute atomic E-state index is 0.0139. The van der Waals surface area contributed by atoms with Crippen LogP contribution in [-0.2, 0) is 17.8 Å². The van der Waals surface area contributed by atoms with Gasteiger partial charge in [-0.1, -0.05) is 0 Å². The summed E-state index contributed by atoms with van der Waals surface area (Å²) in [6, 6.07) is 0. The lowest BCUT2D eigenvalue weighted by Gasteiger charge is -1.93. The molecule has 11 heavy (non-hydrogen) atoms. The second-order valence-electron chi connectivity index (χ2n) is 2.26. The Morgan fingerprint density at radius 2 is 2.55 bits per heavy atom. The first-order valence-electron chi connectivity index (χ1n) is 3.49. The van der Waals surface area contributed by atoms with Crippen molar-refractivity contribution < 1.29 is 9.84 Å². The molecule has 0 saturated heterocycles. The molecule has 0 aliphatic carbocycles. The van der Waals surface area contributed by atoms with Gasteiger partial charge in [0.2, 0.25) is 0 Å². The summed E-state index contributed by atoms with van der Waals surface area (Å²) in [5, 5.41) is 8.67. The number of methoxy groups -OCH3 is 1. The summed E-state index contributed by atoms with van der Waals surface area (Å²) >= 11 is 0. The van der Waals surface area contributed by atoms with Gasteiger partial charge >= 0.3 is 0 Å². The fourth-order valence-corrected chi connectivity index (χ4v) is 0.812. The molecule has 0 bridgehead atoms. The van der Waals surface area contributed by atoms with E-state index in [1.807, 2.05) is 0 Å². The lowest BCUT2D eigenvalue weighted by Crippen LogP contribution is -1.96. The van der Waals surface area contributed by atoms with Crippen LogP contribution in [0.5, 0.6) is 0 Å². The Morgan fingerprint density at radius 3 is 3.09 bits per heavy atom. The maximum Gasteiger partial charge on any atom is 0.108 e. The molecule has 62 valence electrons. The highest BCUT2D eigenvalue weighted by Crippen LogP contribution is 1.97. The van der Waals surface area contributed by atoms with Crippen LogP contribution in [0.25, 0.3) is 0 Å². The zero-order valence-corrected chi connectivity index (χ0v) is 6.50. The molecule has 4 heteroatoms. The van der Waals surface area contributed by atoms with Gasteiger partial charge in [0.05, 0.1) is 25.1 Å². The first-order valence-corrected chi connectivity index (χ1v) is 3.49. The van der Waals surface area contributed by atoms with Gasteiger partial charge in [0.1, 0.15) is 5.82 Å². The summed E-state index contributed by atoms with van der Waals surface area (Å²) in [5.41, 5.74) is 0.746. The zero-order valence-electron chi connectivity index (χ0n) is 6.50. The van der Waals surface area contributed by atoms with Crippen molar-refractivity contribution in [2.45, 2.75) is 13.0 Å². The molecule has 0 saturated carbocycles. The Balaban J connectivity index is 2.44. The molecule has 0 fully saturated rings. The van der Waals surface area contributed by atoms with Crippen molar-refractivity contribution in [2.24, 2.45) is 0 Å². The van der Waals surface area contributed by atoms with E-state index in [0.717, 1.165) is 17.9 Å². The van der Waals surface area contributed by atoms with Crippen LogP contribution in [0.1, 0.15) is 11.5 Å². The number of hydrogen-bond donors (Lipinski definition) is 2. The summed E-state index contributed by atoms with van der Waals surface area (Å²) in [6.45, 7) is 0.665. The third-order valence-electron chi connectivity index (χ3n) is 1.39. The third-order valence-corrected chi connectivity index (χ3v) is 1.39. The Kier molecular flexibility index (Phi) is 3.07. The summed E-state index contributed by atoms with van der Waals surface area (Å²) in [4.78, 5) is 6.99. The molecule has 1 heterocycles. The van der Waals surface area contributed by atoms with E-state index in [1.165, 1.54) is 0 Å². The monoisotopic (exact) mass is 156 g/mol. The fraction of sp³-hybridized carbons (Fsp3) is 0.571. The normalized spacial score (nSPS) is 10.4. The molecular weight excluding hydrogens is 144 g/mol. The molecule has 0 radical (unpaired) electrons. The van der Waals surface area contributed by atoms with Crippen LogP contribution >= 0.6 is 0 Å². The van der Waals surface area contributed by atoms with Crippen LogP contribution in [0.2, 0.25) is 0 Å². The van der Waals surface area contributed by atoms with Gasteiger partial charge in [-0.25, -0.2) is 4.98 Å². The molecule has 1 rings (SSSR count). The molecule has 0 aliphatic heterocycles. The predicted molar refractivity (Wildman–Crippen MR) is 40.1 cm³/mol. The van der Waals surface area contributed by atoms with Crippen LogP contribution < -0.4 is 0 Å². The molecule has 1 aromatic rings. The van der Waals surface area contributed by atoms with E-state index in [1.54, 1.807) is 13.3 Å². The number of hydrogen-bond acceptors (Lipinski definition) is 3. The van der Waals surface area contributed by atoms with Crippen molar-refractivity contribution in [3.8, 4) is 0 Å². The van der Waals surface area contributed by atoms with Crippen molar-refractivity contribution >= 4 is 0 Å². The number of nitrogens with one attached hydrogen (secondary N) is 1. The lowest BCUT2D eigenvalue weighted by molar-refractivity contribution is 0.200. The molecule has 0 amide bonds. The van der Waals surface area contributed by atoms with Crippen molar-refractivity contribution in [2.75, 3.05) is 13.7 Å². The Morgan fingerprint density at radius 1 is 1.73 bits per heavy atom. The number of imidazole rings is 1. The molecular formula is C7H12N2O2. The largest absolute Gasteiger partial charge is 0.390 e. The summed E-state index contributed by atoms with van der Waals surface area (Å²) in [7, 11) is 1.65. The highest BCUT2D eigenvalue weighted by atomic mass is 16.5. The van der Waals surface area contributed by atoms with Crippen LogP contribution in [0, 0.1) is 0 Å². The molecule has 0 aliphatic rings. The first-order chi connectivity index (χ1) is 5.36. The number of rotatable bonds is 4. The van der Waals surface area contributed by atoms with Crippen molar-refractivity contribution in [1.29, 1.82) is 0 Å². The Bertz CT molecular complexity index is 210. The van der Waals surface area contributed by atoms with Gasteiger partial charge in [-0.3, -0.25) is 0 Å². The topological polar surface area (TPSA) is 58.1 Å². The number of H-pyrrole nitrogens is 1. The molecule has 1 aromatic heterocycles. The number of aliphatic hydroxyl groups excluding tert-OH is 1. The van der Waals surface area contributed by atoms with Gasteiger partial charge in [0.25, 0.3) is 0 Å². The van der Waals surface area contributed by atoms with E-state index >= 15 is 0 Å². The standard InChI is InChI=1S/C7H12N2O2/c1-11-3-2-7-8-4-6(5-10)9-7/h4,10H,2-3,5H2,1H3,(H,8,9). The van der Waals surface area contributed by atoms with Gasteiger partial charge in [-0.2, -0.15) is 0 Å². The lowest BCUT2D eigenvalue weighted by atomic mass is 10.4. The van der Waals surface area contributed by atoms with E-state index in [2.05, 4.69) is 9.97 Å². The highest BCUT2D eigenvalue weighted by molar-refractivity contribution is 4.99. The van der Waals surface area contributed by atoms with Gasteiger partial charge in [0, 0.05) is 13.5 Å². The average Bonchev–Trinajstić information content (AvgIpc) is 2.48. The maximum atomic E-state index is 8.67. The fourth-order valence-electron chi connectivity index (χ4n) is 0.812. The summed E-state index contributed by atoms with van der Waals surface area (Å²) < 4.78 is 4.87. The summed E-state index contributed by atoms with van der Waals surface area (Å²) in [6.07, 6.45) is 2.39. The third kappa shape index (κ3) is 2.32. The van der Waals surface area contributed by atoms with Crippen LogP contribution in [0.3, 0.4) is 0 Å². The first kappa shape index (κ1) is 8.23. The van der Waals surface area contributed by atoms with Crippen LogP contribution in [-0.4, -0.2) is 28.8 Å². The quantitative estimate of drug-likeness (QED) is 0.649. The van der Waals surface area contributed by atoms with E-state index < -0.39 is 0 Å². The van der Waals surface area contributed by atoms with Gasteiger partial charge in [-0.05, 0) is 0 Å². The predicted octanol–water partition coefficient (Wildman–Crippen LogP) is 0.0909. The Hall–Kier alpha value is -0.870. The van der Waals surface area contributed by atoms with Crippen LogP contribution in [0.15, 0.2) is 6.20 Å². The van der Waals surface area contributed by atoms with Crippen molar-refractivity contribution in [1.82, 2.24) is 9.97 Å². The van der Waals surface area contributed by atoms with Crippen molar-refractivity contribution in [3.63, 3.8) is 0 Å². The van der Waals surface area contributed by atoms with Gasteiger partial charge < -0.3 is 14.8 Å². The number of aliphatic hydroxyl groups is 1. The molecule has 0 unspecified atom stereocenters. The average molecular weight is 156 g/mol. The van der Waals surface area contributed by atoms with Crippen molar-refractivity contribution in [3.05, 3.63) is 17.7 Å². The van der Waals surface area contributed by atoms with E-state index in [-0.39, 0.29) is 6.61 Å². The second kappa shape index (κ2) is 4.10. The minimum Gasteiger partial charge on any atom is -0.390 e. The Labute approximate surface area is 65.2 Å². The zero-order chi connectivity index (χ0) is 8.10. The van der Waals surface area contributed by atoms with E-state index in [0.29, 0.717) is 6.61 Å². The summed E-state index contributed by atoms with van der Waals surface area (Å²) in [5.74, 6) is 0.857. The molecule has 0 aromatic carbocycles. The molecule has 0 spiro atoms. The number of aromatic nitrogens is 2. The number of nitrogens with zero attached hydrogens (tertiary/aromatic N) is 1. The maximum absolute atomic E-state index is 8.67. The highest BCUT2D eigenvalue weighted by Gasteiger charge is 1.97. The van der Waals surface area contributed by atoms with E-state index in [4.69, 9.17) is 9.84 Å². The van der Waals surface area contributed by atoms with Crippen LogP contribution in [0.4, 0.5) is 0 Å². The smallest absolute Gasteiger partial charge is 0.108 e. The SMILES string of the molecule is COCCc1ncc(CO)[nH]1. The van der Waals surface area contributed by atoms with E-state index in [9.17, 15) is 0 Å².